The molecule has 0 aliphatic heterocycles. The molecule has 2 aromatic heterocycles. The van der Waals surface area contributed by atoms with Crippen LogP contribution in [-0.4, -0.2) is 53.3 Å². The standard InChI is InChI=1S/C25H26ClN5O5S.ClH/c1-14-4-10-18(22(23(14)37(34)35)36-17-8-6-16(27)7-9-17)24(32)30-19-3-2-12-28-21(19)25(33)31-20-11-5-15(26)13-29-20;/h2-5,10-13,16-17,22H,6-9,27H2,1H3,(H,30,32)(H,29,31,33);1H. The van der Waals surface area contributed by atoms with Crippen molar-refractivity contribution in [3.8, 4) is 0 Å². The Morgan fingerprint density at radius 2 is 1.79 bits per heavy atom. The molecule has 0 bridgehead atoms. The highest BCUT2D eigenvalue weighted by Crippen LogP contribution is 2.28. The van der Waals surface area contributed by atoms with Gasteiger partial charge in [0, 0.05) is 18.4 Å². The van der Waals surface area contributed by atoms with Gasteiger partial charge in [-0.1, -0.05) is 23.8 Å². The number of ether oxygens (including phenoxy) is 1. The van der Waals surface area contributed by atoms with Gasteiger partial charge in [0.15, 0.2) is 5.69 Å². The molecule has 4 rings (SSSR count). The van der Waals surface area contributed by atoms with Gasteiger partial charge in [-0.3, -0.25) is 9.59 Å². The van der Waals surface area contributed by atoms with Crippen LogP contribution in [0.5, 0.6) is 0 Å². The number of allylic oxidation sites excluding steroid dienone is 2. The summed E-state index contributed by atoms with van der Waals surface area (Å²) in [5.74, 6) is -0.958. The monoisotopic (exact) mass is 579 g/mol. The number of rotatable bonds is 6. The fraction of sp³-hybridized carbons (Fsp3) is 0.320. The maximum atomic E-state index is 13.4. The van der Waals surface area contributed by atoms with Gasteiger partial charge >= 0.3 is 0 Å². The first kappa shape index (κ1) is 29.5. The summed E-state index contributed by atoms with van der Waals surface area (Å²) >= 11 is 5.84. The predicted octanol–water partition coefficient (Wildman–Crippen LogP) is 3.34. The van der Waals surface area contributed by atoms with Crippen molar-refractivity contribution in [3.05, 3.63) is 70.7 Å². The number of pyridine rings is 2. The molecule has 2 heterocycles. The third-order valence-corrected chi connectivity index (χ3v) is 7.27. The minimum Gasteiger partial charge on any atom is -0.364 e. The van der Waals surface area contributed by atoms with E-state index in [1.165, 1.54) is 30.6 Å². The number of nitrogens with one attached hydrogen (secondary N) is 2. The van der Waals surface area contributed by atoms with Crippen LogP contribution in [-0.2, 0) is 19.8 Å². The zero-order valence-corrected chi connectivity index (χ0v) is 22.8. The van der Waals surface area contributed by atoms with Crippen LogP contribution in [0.15, 0.2) is 60.0 Å². The van der Waals surface area contributed by atoms with E-state index in [0.29, 0.717) is 23.4 Å². The molecule has 2 amide bonds. The van der Waals surface area contributed by atoms with Crippen molar-refractivity contribution in [1.82, 2.24) is 9.97 Å². The van der Waals surface area contributed by atoms with E-state index in [1.54, 1.807) is 25.1 Å². The van der Waals surface area contributed by atoms with Crippen molar-refractivity contribution in [2.75, 3.05) is 10.6 Å². The summed E-state index contributed by atoms with van der Waals surface area (Å²) in [7, 11) is -2.61. The summed E-state index contributed by atoms with van der Waals surface area (Å²) in [6, 6.07) is 6.28. The second-order valence-corrected chi connectivity index (χ2v) is 10.1. The Morgan fingerprint density at radius 3 is 2.45 bits per heavy atom. The Morgan fingerprint density at radius 1 is 1.05 bits per heavy atom. The molecular weight excluding hydrogens is 553 g/mol. The van der Waals surface area contributed by atoms with Crippen LogP contribution >= 0.6 is 24.0 Å². The van der Waals surface area contributed by atoms with Crippen molar-refractivity contribution < 1.29 is 22.7 Å². The lowest BCUT2D eigenvalue weighted by molar-refractivity contribution is -0.114. The van der Waals surface area contributed by atoms with E-state index in [2.05, 4.69) is 20.6 Å². The number of anilines is 2. The first-order valence-electron chi connectivity index (χ1n) is 11.7. The highest BCUT2D eigenvalue weighted by molar-refractivity contribution is 7.73. The molecule has 2 aliphatic carbocycles. The SMILES string of the molecule is CC1=CC=C(C(=O)Nc2cccnc2C(=O)Nc2ccc(Cl)cn2)C(OC2CCC(N)CC2)C1=S(=O)=O.Cl. The minimum absolute atomic E-state index is 0. The number of carbonyl (C=O) groups excluding carboxylic acids is 2. The number of hydrogen-bond acceptors (Lipinski definition) is 8. The average Bonchev–Trinajstić information content (AvgIpc) is 2.87. The molecule has 38 heavy (non-hydrogen) atoms. The molecule has 1 saturated carbocycles. The van der Waals surface area contributed by atoms with E-state index in [-0.39, 0.29) is 52.2 Å². The molecule has 13 heteroatoms. The van der Waals surface area contributed by atoms with Gasteiger partial charge in [-0.25, -0.2) is 9.97 Å². The molecule has 1 atom stereocenters. The Kier molecular flexibility index (Phi) is 10.2. The Hall–Kier alpha value is -3.09. The molecule has 2 aromatic rings. The van der Waals surface area contributed by atoms with Crippen LogP contribution in [0.3, 0.4) is 0 Å². The number of aromatic nitrogens is 2. The van der Waals surface area contributed by atoms with Gasteiger partial charge in [0.2, 0.25) is 10.3 Å². The summed E-state index contributed by atoms with van der Waals surface area (Å²) in [5, 5.41) is 5.71. The van der Waals surface area contributed by atoms with E-state index >= 15 is 0 Å². The van der Waals surface area contributed by atoms with Crippen molar-refractivity contribution in [2.45, 2.75) is 50.9 Å². The zero-order chi connectivity index (χ0) is 26.5. The third-order valence-electron chi connectivity index (χ3n) is 6.15. The van der Waals surface area contributed by atoms with E-state index in [1.807, 2.05) is 0 Å². The van der Waals surface area contributed by atoms with E-state index in [9.17, 15) is 18.0 Å². The summed E-state index contributed by atoms with van der Waals surface area (Å²) in [6.45, 7) is 1.65. The van der Waals surface area contributed by atoms with E-state index < -0.39 is 28.2 Å². The quantitative estimate of drug-likeness (QED) is 0.440. The third kappa shape index (κ3) is 7.06. The molecule has 0 saturated heterocycles. The number of nitrogens with zero attached hydrogens (tertiary/aromatic N) is 2. The summed E-state index contributed by atoms with van der Waals surface area (Å²) in [5.41, 5.74) is 6.67. The largest absolute Gasteiger partial charge is 0.364 e. The lowest BCUT2D eigenvalue weighted by atomic mass is 9.91. The Bertz CT molecular complexity index is 1390. The maximum absolute atomic E-state index is 13.4. The first-order valence-corrected chi connectivity index (χ1v) is 13.1. The lowest BCUT2D eigenvalue weighted by Crippen LogP contribution is -2.40. The molecule has 0 aromatic carbocycles. The first-order chi connectivity index (χ1) is 17.7. The van der Waals surface area contributed by atoms with Gasteiger partial charge < -0.3 is 21.1 Å². The zero-order valence-electron chi connectivity index (χ0n) is 20.4. The van der Waals surface area contributed by atoms with Crippen LogP contribution in [0.1, 0.15) is 43.1 Å². The number of amides is 2. The van der Waals surface area contributed by atoms with Crippen LogP contribution in [0.25, 0.3) is 0 Å². The summed E-state index contributed by atoms with van der Waals surface area (Å²) in [6.07, 6.45) is 7.41. The molecule has 202 valence electrons. The number of hydrogen-bond donors (Lipinski definition) is 3. The van der Waals surface area contributed by atoms with Crippen LogP contribution < -0.4 is 16.4 Å². The molecule has 2 aliphatic rings. The van der Waals surface area contributed by atoms with Crippen molar-refractivity contribution in [1.29, 1.82) is 0 Å². The van der Waals surface area contributed by atoms with Gasteiger partial charge in [-0.15, -0.1) is 12.4 Å². The number of halogens is 2. The lowest BCUT2D eigenvalue weighted by Gasteiger charge is -2.32. The van der Waals surface area contributed by atoms with Crippen LogP contribution in [0.2, 0.25) is 5.02 Å². The normalized spacial score (nSPS) is 20.9. The van der Waals surface area contributed by atoms with Gasteiger partial charge in [-0.05, 0) is 62.4 Å². The highest BCUT2D eigenvalue weighted by Gasteiger charge is 2.34. The van der Waals surface area contributed by atoms with Gasteiger partial charge in [-0.2, -0.15) is 8.42 Å². The van der Waals surface area contributed by atoms with E-state index in [0.717, 1.165) is 12.8 Å². The summed E-state index contributed by atoms with van der Waals surface area (Å²) < 4.78 is 30.4. The molecule has 4 N–H and O–H groups in total. The fourth-order valence-corrected chi connectivity index (χ4v) is 5.01. The number of carbonyl (C=O) groups is 2. The molecule has 10 nitrogen and oxygen atoms in total. The summed E-state index contributed by atoms with van der Waals surface area (Å²) in [4.78, 5) is 34.4. The Balaban J connectivity index is 0.00000400. The topological polar surface area (TPSA) is 153 Å². The van der Waals surface area contributed by atoms with Gasteiger partial charge in [0.1, 0.15) is 16.8 Å². The van der Waals surface area contributed by atoms with Crippen LogP contribution in [0, 0.1) is 0 Å². The molecule has 1 unspecified atom stereocenters. The Labute approximate surface area is 232 Å². The van der Waals surface area contributed by atoms with Crippen molar-refractivity contribution in [2.24, 2.45) is 5.73 Å². The minimum atomic E-state index is -2.61. The van der Waals surface area contributed by atoms with Gasteiger partial charge in [0.05, 0.1) is 22.4 Å². The molecule has 0 spiro atoms. The highest BCUT2D eigenvalue weighted by atomic mass is 35.5. The molecule has 0 radical (unpaired) electrons. The van der Waals surface area contributed by atoms with Crippen molar-refractivity contribution in [3.63, 3.8) is 0 Å². The average molecular weight is 580 g/mol. The predicted molar refractivity (Wildman–Crippen MR) is 148 cm³/mol. The molecule has 1 fully saturated rings. The smallest absolute Gasteiger partial charge is 0.277 e. The number of nitrogens with two attached hydrogens (primary N) is 1. The second-order valence-electron chi connectivity index (χ2n) is 8.79. The van der Waals surface area contributed by atoms with Gasteiger partial charge in [0.25, 0.3) is 11.8 Å². The fourth-order valence-electron chi connectivity index (χ4n) is 4.21. The second kappa shape index (κ2) is 13.1. The van der Waals surface area contributed by atoms with Crippen LogP contribution in [0.4, 0.5) is 11.5 Å². The maximum Gasteiger partial charge on any atom is 0.277 e. The van der Waals surface area contributed by atoms with Crippen molar-refractivity contribution >= 4 is 62.5 Å². The van der Waals surface area contributed by atoms with E-state index in [4.69, 9.17) is 22.1 Å². The molecular formula is C25H27Cl2N5O5S.